The molecule has 1 heterocycles. The number of nitrogens with zero attached hydrogens (tertiary/aromatic N) is 1. The Morgan fingerprint density at radius 1 is 1.50 bits per heavy atom. The molecule has 4 nitrogen and oxygen atoms in total. The summed E-state index contributed by atoms with van der Waals surface area (Å²) in [5.74, 6) is -0.212. The van der Waals surface area contributed by atoms with Crippen LogP contribution in [0.4, 0.5) is 0 Å². The Balaban J connectivity index is 2.34. The summed E-state index contributed by atoms with van der Waals surface area (Å²) < 4.78 is 5.79. The lowest BCUT2D eigenvalue weighted by Gasteiger charge is -2.41. The van der Waals surface area contributed by atoms with Gasteiger partial charge in [0.1, 0.15) is 11.7 Å². The van der Waals surface area contributed by atoms with E-state index >= 15 is 0 Å². The molecular weight excluding hydrogens is 230 g/mol. The van der Waals surface area contributed by atoms with E-state index in [0.717, 1.165) is 0 Å². The Morgan fingerprint density at radius 3 is 3.00 bits per heavy atom. The largest absolute Gasteiger partial charge is 0.352 e. The highest BCUT2D eigenvalue weighted by atomic mass is 16.7. The maximum absolute atomic E-state index is 12.3. The van der Waals surface area contributed by atoms with E-state index in [4.69, 9.17) is 9.57 Å². The van der Waals surface area contributed by atoms with Crippen molar-refractivity contribution in [3.8, 4) is 0 Å². The number of hydroxylamine groups is 2. The standard InChI is InChI=1S/C14H17NO3/c1-4-10-17-15-11-8-6-5-7-9-12(11)18-14(2,3)13(15)16/h4-9,12H,1,10H2,2-3H3. The van der Waals surface area contributed by atoms with Crippen molar-refractivity contribution in [2.45, 2.75) is 25.6 Å². The minimum Gasteiger partial charge on any atom is -0.352 e. The molecule has 0 radical (unpaired) electrons. The molecule has 1 aliphatic heterocycles. The number of morpholine rings is 1. The highest BCUT2D eigenvalue weighted by molar-refractivity contribution is 5.86. The lowest BCUT2D eigenvalue weighted by molar-refractivity contribution is -0.216. The third-order valence-corrected chi connectivity index (χ3v) is 2.74. The van der Waals surface area contributed by atoms with Gasteiger partial charge in [-0.2, -0.15) is 5.06 Å². The summed E-state index contributed by atoms with van der Waals surface area (Å²) in [7, 11) is 0. The minimum atomic E-state index is -0.905. The zero-order valence-electron chi connectivity index (χ0n) is 10.6. The smallest absolute Gasteiger partial charge is 0.282 e. The third kappa shape index (κ3) is 2.30. The molecule has 0 N–H and O–H groups in total. The number of carbonyl (C=O) groups is 1. The summed E-state index contributed by atoms with van der Waals surface area (Å²) >= 11 is 0. The second kappa shape index (κ2) is 4.92. The van der Waals surface area contributed by atoms with Crippen molar-refractivity contribution in [2.75, 3.05) is 6.61 Å². The summed E-state index contributed by atoms with van der Waals surface area (Å²) in [6.07, 6.45) is 10.7. The van der Waals surface area contributed by atoms with Crippen molar-refractivity contribution in [1.29, 1.82) is 0 Å². The van der Waals surface area contributed by atoms with Crippen LogP contribution in [0.2, 0.25) is 0 Å². The number of carbonyl (C=O) groups excluding carboxylic acids is 1. The van der Waals surface area contributed by atoms with Crippen molar-refractivity contribution in [3.05, 3.63) is 48.7 Å². The number of hydrogen-bond donors (Lipinski definition) is 0. The van der Waals surface area contributed by atoms with Gasteiger partial charge in [-0.05, 0) is 26.0 Å². The monoisotopic (exact) mass is 247 g/mol. The van der Waals surface area contributed by atoms with Crippen LogP contribution in [0.1, 0.15) is 13.8 Å². The third-order valence-electron chi connectivity index (χ3n) is 2.74. The molecule has 0 spiro atoms. The van der Waals surface area contributed by atoms with Crippen LogP contribution in [-0.2, 0) is 14.4 Å². The quantitative estimate of drug-likeness (QED) is 0.717. The van der Waals surface area contributed by atoms with Crippen LogP contribution in [0.25, 0.3) is 0 Å². The average Bonchev–Trinajstić information content (AvgIpc) is 2.54. The number of ether oxygens (including phenoxy) is 1. The van der Waals surface area contributed by atoms with Gasteiger partial charge in [0.15, 0.2) is 0 Å². The van der Waals surface area contributed by atoms with Crippen molar-refractivity contribution < 1.29 is 14.4 Å². The zero-order valence-corrected chi connectivity index (χ0v) is 10.6. The summed E-state index contributed by atoms with van der Waals surface area (Å²) in [5, 5.41) is 1.32. The molecule has 18 heavy (non-hydrogen) atoms. The van der Waals surface area contributed by atoms with E-state index in [9.17, 15) is 4.79 Å². The van der Waals surface area contributed by atoms with Gasteiger partial charge in [0, 0.05) is 0 Å². The maximum Gasteiger partial charge on any atom is 0.282 e. The molecule has 1 atom stereocenters. The second-order valence-corrected chi connectivity index (χ2v) is 4.59. The van der Waals surface area contributed by atoms with Gasteiger partial charge < -0.3 is 4.74 Å². The fourth-order valence-corrected chi connectivity index (χ4v) is 1.85. The molecule has 0 aromatic heterocycles. The molecule has 0 aromatic carbocycles. The summed E-state index contributed by atoms with van der Waals surface area (Å²) in [6, 6.07) is 0. The van der Waals surface area contributed by atoms with Crippen molar-refractivity contribution in [3.63, 3.8) is 0 Å². The molecule has 1 fully saturated rings. The lowest BCUT2D eigenvalue weighted by Crippen LogP contribution is -2.55. The van der Waals surface area contributed by atoms with Crippen LogP contribution in [0, 0.1) is 0 Å². The van der Waals surface area contributed by atoms with Gasteiger partial charge in [-0.15, -0.1) is 6.58 Å². The Morgan fingerprint density at radius 2 is 2.28 bits per heavy atom. The summed E-state index contributed by atoms with van der Waals surface area (Å²) in [4.78, 5) is 17.7. The molecular formula is C14H17NO3. The van der Waals surface area contributed by atoms with Crippen LogP contribution in [0.3, 0.4) is 0 Å². The molecule has 1 saturated heterocycles. The molecule has 2 rings (SSSR count). The molecule has 96 valence electrons. The topological polar surface area (TPSA) is 38.8 Å². The molecule has 0 saturated carbocycles. The van der Waals surface area contributed by atoms with E-state index in [1.165, 1.54) is 5.06 Å². The SMILES string of the molecule is C=CCON1C(=O)C(C)(C)OC2C=CC=CC=C21. The Kier molecular flexibility index (Phi) is 3.50. The van der Waals surface area contributed by atoms with Gasteiger partial charge in [0.05, 0.1) is 12.3 Å². The molecule has 1 unspecified atom stereocenters. The van der Waals surface area contributed by atoms with Gasteiger partial charge >= 0.3 is 0 Å². The first-order valence-corrected chi connectivity index (χ1v) is 5.87. The molecule has 0 bridgehead atoms. The minimum absolute atomic E-state index is 0.212. The first-order chi connectivity index (χ1) is 8.56. The van der Waals surface area contributed by atoms with Gasteiger partial charge in [-0.3, -0.25) is 9.63 Å². The van der Waals surface area contributed by atoms with Crippen LogP contribution in [-0.4, -0.2) is 29.3 Å². The van der Waals surface area contributed by atoms with Crippen LogP contribution in [0.5, 0.6) is 0 Å². The van der Waals surface area contributed by atoms with Crippen molar-refractivity contribution >= 4 is 5.91 Å². The lowest BCUT2D eigenvalue weighted by atomic mass is 10.0. The predicted molar refractivity (Wildman–Crippen MR) is 68.3 cm³/mol. The van der Waals surface area contributed by atoms with Gasteiger partial charge in [-0.1, -0.05) is 24.3 Å². The van der Waals surface area contributed by atoms with Gasteiger partial charge in [0.25, 0.3) is 5.91 Å². The first kappa shape index (κ1) is 12.8. The first-order valence-electron chi connectivity index (χ1n) is 5.87. The molecule has 1 amide bonds. The number of fused-ring (bicyclic) bond motifs is 1. The summed E-state index contributed by atoms with van der Waals surface area (Å²) in [6.45, 7) is 7.34. The number of amides is 1. The van der Waals surface area contributed by atoms with Crippen LogP contribution >= 0.6 is 0 Å². The molecule has 0 aromatic rings. The van der Waals surface area contributed by atoms with E-state index in [1.807, 2.05) is 30.4 Å². The number of allylic oxidation sites excluding steroid dienone is 4. The fourth-order valence-electron chi connectivity index (χ4n) is 1.85. The average molecular weight is 247 g/mol. The predicted octanol–water partition coefficient (Wildman–Crippen LogP) is 2.12. The molecule has 1 aliphatic carbocycles. The Labute approximate surface area is 107 Å². The highest BCUT2D eigenvalue weighted by Crippen LogP contribution is 2.31. The normalized spacial score (nSPS) is 25.4. The summed E-state index contributed by atoms with van der Waals surface area (Å²) in [5.41, 5.74) is -0.219. The zero-order chi connectivity index (χ0) is 13.2. The number of rotatable bonds is 3. The van der Waals surface area contributed by atoms with E-state index in [0.29, 0.717) is 5.70 Å². The van der Waals surface area contributed by atoms with Gasteiger partial charge in [-0.25, -0.2) is 0 Å². The fraction of sp³-hybridized carbons (Fsp3) is 0.357. The van der Waals surface area contributed by atoms with E-state index in [-0.39, 0.29) is 18.6 Å². The van der Waals surface area contributed by atoms with Crippen LogP contribution in [0.15, 0.2) is 48.7 Å². The van der Waals surface area contributed by atoms with Crippen LogP contribution < -0.4 is 0 Å². The number of hydrogen-bond acceptors (Lipinski definition) is 3. The second-order valence-electron chi connectivity index (χ2n) is 4.59. The molecule has 2 aliphatic rings. The Hall–Kier alpha value is -1.65. The Bertz CT molecular complexity index is 446. The van der Waals surface area contributed by atoms with Crippen molar-refractivity contribution in [2.24, 2.45) is 0 Å². The van der Waals surface area contributed by atoms with E-state index < -0.39 is 5.60 Å². The van der Waals surface area contributed by atoms with Gasteiger partial charge in [0.2, 0.25) is 0 Å². The maximum atomic E-state index is 12.3. The van der Waals surface area contributed by atoms with Crippen molar-refractivity contribution in [1.82, 2.24) is 5.06 Å². The van der Waals surface area contributed by atoms with E-state index in [1.54, 1.807) is 19.9 Å². The van der Waals surface area contributed by atoms with E-state index in [2.05, 4.69) is 6.58 Å². The molecule has 4 heteroatoms. The highest BCUT2D eigenvalue weighted by Gasteiger charge is 2.44.